The molecule has 1 aliphatic heterocycles. The summed E-state index contributed by atoms with van der Waals surface area (Å²) in [6.07, 6.45) is 5.16. The van der Waals surface area contributed by atoms with Crippen LogP contribution in [0.3, 0.4) is 0 Å². The van der Waals surface area contributed by atoms with Crippen LogP contribution in [-0.2, 0) is 9.47 Å². The highest BCUT2D eigenvalue weighted by atomic mass is 16.6. The number of allylic oxidation sites excluding steroid dienone is 1. The lowest BCUT2D eigenvalue weighted by Crippen LogP contribution is -2.49. The smallest absolute Gasteiger partial charge is 0.112 e. The van der Waals surface area contributed by atoms with Gasteiger partial charge < -0.3 is 9.47 Å². The quantitative estimate of drug-likeness (QED) is 0.456. The summed E-state index contributed by atoms with van der Waals surface area (Å²) in [6, 6.07) is 0. The van der Waals surface area contributed by atoms with Gasteiger partial charge in [-0.05, 0) is 20.3 Å². The van der Waals surface area contributed by atoms with Crippen LogP contribution in [-0.4, -0.2) is 25.4 Å². The van der Waals surface area contributed by atoms with Crippen molar-refractivity contribution in [1.29, 1.82) is 0 Å². The molecule has 1 heterocycles. The van der Waals surface area contributed by atoms with E-state index in [4.69, 9.17) is 9.47 Å². The fourth-order valence-corrected chi connectivity index (χ4v) is 1.01. The van der Waals surface area contributed by atoms with Gasteiger partial charge in [-0.15, -0.1) is 0 Å². The normalized spacial score (nSPS) is 22.0. The minimum atomic E-state index is 0.0155. The Kier molecular flexibility index (Phi) is 3.09. The molecule has 0 unspecified atom stereocenters. The first-order valence-corrected chi connectivity index (χ1v) is 4.10. The zero-order valence-electron chi connectivity index (χ0n) is 7.30. The second kappa shape index (κ2) is 3.88. The Hall–Kier alpha value is -0.340. The average molecular weight is 156 g/mol. The fraction of sp³-hybridized carbons (Fsp3) is 0.778. The zero-order chi connectivity index (χ0) is 8.16. The molecule has 0 aromatic rings. The molecule has 1 saturated heterocycles. The first kappa shape index (κ1) is 8.75. The molecule has 2 nitrogen and oxygen atoms in total. The Bertz CT molecular complexity index is 136. The Morgan fingerprint density at radius 1 is 1.55 bits per heavy atom. The van der Waals surface area contributed by atoms with Crippen molar-refractivity contribution in [1.82, 2.24) is 0 Å². The Morgan fingerprint density at radius 2 is 2.27 bits per heavy atom. The molecule has 64 valence electrons. The Labute approximate surface area is 68.2 Å². The fourth-order valence-electron chi connectivity index (χ4n) is 1.01. The van der Waals surface area contributed by atoms with E-state index >= 15 is 0 Å². The molecule has 11 heavy (non-hydrogen) atoms. The summed E-state index contributed by atoms with van der Waals surface area (Å²) in [4.78, 5) is 0. The largest absolute Gasteiger partial charge is 0.375 e. The first-order chi connectivity index (χ1) is 5.27. The maximum atomic E-state index is 5.59. The lowest BCUT2D eigenvalue weighted by Gasteiger charge is -2.37. The molecular weight excluding hydrogens is 140 g/mol. The van der Waals surface area contributed by atoms with E-state index in [1.807, 2.05) is 13.0 Å². The topological polar surface area (TPSA) is 18.5 Å². The Balaban J connectivity index is 2.02. The van der Waals surface area contributed by atoms with Gasteiger partial charge in [0.15, 0.2) is 0 Å². The third-order valence-electron chi connectivity index (χ3n) is 1.79. The van der Waals surface area contributed by atoms with Gasteiger partial charge in [-0.2, -0.15) is 0 Å². The van der Waals surface area contributed by atoms with Crippen LogP contribution in [0.15, 0.2) is 12.2 Å². The minimum absolute atomic E-state index is 0.0155. The van der Waals surface area contributed by atoms with Crippen LogP contribution >= 0.6 is 0 Å². The molecule has 0 bridgehead atoms. The van der Waals surface area contributed by atoms with Gasteiger partial charge in [-0.25, -0.2) is 0 Å². The van der Waals surface area contributed by atoms with Crippen molar-refractivity contribution in [3.05, 3.63) is 12.2 Å². The molecule has 1 rings (SSSR count). The lowest BCUT2D eigenvalue weighted by atomic mass is 10.1. The molecule has 0 aromatic carbocycles. The van der Waals surface area contributed by atoms with Crippen LogP contribution in [0.1, 0.15) is 20.3 Å². The molecular formula is C9H16O2. The summed E-state index contributed by atoms with van der Waals surface area (Å²) in [5.74, 6) is 0. The molecule has 2 heteroatoms. The third kappa shape index (κ3) is 2.64. The predicted molar refractivity (Wildman–Crippen MR) is 44.6 cm³/mol. The molecule has 1 aliphatic rings. The van der Waals surface area contributed by atoms with Crippen molar-refractivity contribution < 1.29 is 9.47 Å². The molecule has 0 radical (unpaired) electrons. The van der Waals surface area contributed by atoms with E-state index in [2.05, 4.69) is 13.0 Å². The van der Waals surface area contributed by atoms with E-state index < -0.39 is 0 Å². The van der Waals surface area contributed by atoms with Gasteiger partial charge in [-0.3, -0.25) is 0 Å². The van der Waals surface area contributed by atoms with Gasteiger partial charge in [-0.1, -0.05) is 12.2 Å². The second-order valence-corrected chi connectivity index (χ2v) is 3.15. The van der Waals surface area contributed by atoms with Crippen LogP contribution < -0.4 is 0 Å². The highest BCUT2D eigenvalue weighted by Gasteiger charge is 2.33. The highest BCUT2D eigenvalue weighted by Crippen LogP contribution is 2.20. The Morgan fingerprint density at radius 3 is 2.73 bits per heavy atom. The second-order valence-electron chi connectivity index (χ2n) is 3.15. The summed E-state index contributed by atoms with van der Waals surface area (Å²) in [5.41, 5.74) is 0.0155. The van der Waals surface area contributed by atoms with Gasteiger partial charge in [0.1, 0.15) is 5.60 Å². The standard InChI is InChI=1S/C9H16O2/c1-3-4-5-6-11-9(2)7-10-8-9/h3-4H,5-8H2,1-2H3. The van der Waals surface area contributed by atoms with Crippen LogP contribution in [0.25, 0.3) is 0 Å². The van der Waals surface area contributed by atoms with Crippen LogP contribution in [0, 0.1) is 0 Å². The summed E-state index contributed by atoms with van der Waals surface area (Å²) in [7, 11) is 0. The number of ether oxygens (including phenoxy) is 2. The molecule has 0 aromatic heterocycles. The summed E-state index contributed by atoms with van der Waals surface area (Å²) < 4.78 is 10.6. The summed E-state index contributed by atoms with van der Waals surface area (Å²) >= 11 is 0. The maximum Gasteiger partial charge on any atom is 0.112 e. The van der Waals surface area contributed by atoms with Gasteiger partial charge in [0.05, 0.1) is 19.8 Å². The van der Waals surface area contributed by atoms with Crippen molar-refractivity contribution in [3.63, 3.8) is 0 Å². The minimum Gasteiger partial charge on any atom is -0.375 e. The molecule has 1 fully saturated rings. The number of hydrogen-bond donors (Lipinski definition) is 0. The third-order valence-corrected chi connectivity index (χ3v) is 1.79. The van der Waals surface area contributed by atoms with E-state index in [9.17, 15) is 0 Å². The molecule has 0 spiro atoms. The lowest BCUT2D eigenvalue weighted by molar-refractivity contribution is -0.197. The van der Waals surface area contributed by atoms with Crippen LogP contribution in [0.5, 0.6) is 0 Å². The van der Waals surface area contributed by atoms with Gasteiger partial charge in [0.25, 0.3) is 0 Å². The van der Waals surface area contributed by atoms with Crippen molar-refractivity contribution >= 4 is 0 Å². The van der Waals surface area contributed by atoms with E-state index in [1.54, 1.807) is 0 Å². The van der Waals surface area contributed by atoms with E-state index in [1.165, 1.54) is 0 Å². The van der Waals surface area contributed by atoms with E-state index in [0.29, 0.717) is 0 Å². The van der Waals surface area contributed by atoms with Gasteiger partial charge >= 0.3 is 0 Å². The number of rotatable bonds is 4. The maximum absolute atomic E-state index is 5.59. The molecule has 0 atom stereocenters. The SMILES string of the molecule is CC=CCCOC1(C)COC1. The van der Waals surface area contributed by atoms with Crippen LogP contribution in [0.2, 0.25) is 0 Å². The van der Waals surface area contributed by atoms with Crippen LogP contribution in [0.4, 0.5) is 0 Å². The molecule has 0 saturated carbocycles. The van der Waals surface area contributed by atoms with E-state index in [-0.39, 0.29) is 5.60 Å². The molecule has 0 N–H and O–H groups in total. The van der Waals surface area contributed by atoms with Gasteiger partial charge in [0, 0.05) is 0 Å². The predicted octanol–water partition coefficient (Wildman–Crippen LogP) is 1.76. The van der Waals surface area contributed by atoms with Crippen molar-refractivity contribution in [2.45, 2.75) is 25.9 Å². The zero-order valence-corrected chi connectivity index (χ0v) is 7.30. The van der Waals surface area contributed by atoms with E-state index in [0.717, 1.165) is 26.2 Å². The molecule has 0 aliphatic carbocycles. The van der Waals surface area contributed by atoms with Crippen molar-refractivity contribution in [2.24, 2.45) is 0 Å². The monoisotopic (exact) mass is 156 g/mol. The first-order valence-electron chi connectivity index (χ1n) is 4.10. The van der Waals surface area contributed by atoms with Crippen molar-refractivity contribution in [3.8, 4) is 0 Å². The summed E-state index contributed by atoms with van der Waals surface area (Å²) in [6.45, 7) is 6.43. The average Bonchev–Trinajstić information content (AvgIpc) is 1.95. The number of hydrogen-bond acceptors (Lipinski definition) is 2. The summed E-state index contributed by atoms with van der Waals surface area (Å²) in [5, 5.41) is 0. The molecule has 0 amide bonds. The van der Waals surface area contributed by atoms with Gasteiger partial charge in [0.2, 0.25) is 0 Å². The van der Waals surface area contributed by atoms with Crippen molar-refractivity contribution in [2.75, 3.05) is 19.8 Å². The highest BCUT2D eigenvalue weighted by molar-refractivity contribution is 4.83.